The fraction of sp³-hybridized carbons (Fsp3) is 0.207. The molecule has 0 radical (unpaired) electrons. The van der Waals surface area contributed by atoms with Crippen molar-refractivity contribution in [2.24, 2.45) is 0 Å². The van der Waals surface area contributed by atoms with Gasteiger partial charge in [0, 0.05) is 12.1 Å². The Morgan fingerprint density at radius 3 is 2.19 bits per heavy atom. The summed E-state index contributed by atoms with van der Waals surface area (Å²) in [5.74, 6) is -1.11. The molecule has 0 atom stereocenters. The average Bonchev–Trinajstić information content (AvgIpc) is 2.88. The standard InChI is InChI=1S/C29H26F2N2O3/c1-2-19-7-9-20(10-8-19)15-16-32-28(35)24-18-23-5-3-4-6-25(23)33(29(24)36)26(34)17-21-11-13-22(14-12-21)27(30)31/h3-14,18,27H,2,15-17H2,1H3,(H,32,35). The van der Waals surface area contributed by atoms with Crippen LogP contribution >= 0.6 is 0 Å². The van der Waals surface area contributed by atoms with Crippen molar-refractivity contribution in [1.29, 1.82) is 0 Å². The summed E-state index contributed by atoms with van der Waals surface area (Å²) in [7, 11) is 0. The molecule has 0 bridgehead atoms. The lowest BCUT2D eigenvalue weighted by atomic mass is 10.1. The largest absolute Gasteiger partial charge is 0.352 e. The molecule has 0 saturated carbocycles. The van der Waals surface area contributed by atoms with Crippen LogP contribution in [-0.2, 0) is 19.3 Å². The van der Waals surface area contributed by atoms with Crippen molar-refractivity contribution in [1.82, 2.24) is 9.88 Å². The SMILES string of the molecule is CCc1ccc(CCNC(=O)c2cc3ccccc3n(C(=O)Cc3ccc(C(F)F)cc3)c2=O)cc1. The number of hydrogen-bond acceptors (Lipinski definition) is 3. The van der Waals surface area contributed by atoms with Gasteiger partial charge in [0.25, 0.3) is 17.9 Å². The van der Waals surface area contributed by atoms with Crippen molar-refractivity contribution < 1.29 is 18.4 Å². The number of para-hydroxylation sites is 1. The predicted molar refractivity (Wildman–Crippen MR) is 136 cm³/mol. The molecule has 0 saturated heterocycles. The third kappa shape index (κ3) is 5.57. The minimum Gasteiger partial charge on any atom is -0.352 e. The van der Waals surface area contributed by atoms with E-state index >= 15 is 0 Å². The lowest BCUT2D eigenvalue weighted by Gasteiger charge is -2.12. The van der Waals surface area contributed by atoms with Gasteiger partial charge in [0.15, 0.2) is 0 Å². The quantitative estimate of drug-likeness (QED) is 0.363. The Hall–Kier alpha value is -4.13. The maximum atomic E-state index is 13.3. The normalized spacial score (nSPS) is 11.1. The number of hydrogen-bond donors (Lipinski definition) is 1. The number of alkyl halides is 2. The highest BCUT2D eigenvalue weighted by atomic mass is 19.3. The zero-order valence-corrected chi connectivity index (χ0v) is 19.8. The minimum absolute atomic E-state index is 0.128. The first kappa shape index (κ1) is 25.0. The van der Waals surface area contributed by atoms with Crippen molar-refractivity contribution >= 4 is 22.7 Å². The molecule has 0 aliphatic carbocycles. The molecule has 1 amide bonds. The molecule has 36 heavy (non-hydrogen) atoms. The van der Waals surface area contributed by atoms with Gasteiger partial charge in [-0.1, -0.05) is 73.7 Å². The molecule has 0 aliphatic rings. The van der Waals surface area contributed by atoms with Gasteiger partial charge in [-0.25, -0.2) is 13.3 Å². The minimum atomic E-state index is -2.60. The monoisotopic (exact) mass is 488 g/mol. The number of fused-ring (bicyclic) bond motifs is 1. The lowest BCUT2D eigenvalue weighted by molar-refractivity contribution is 0.0914. The molecule has 4 rings (SSSR count). The number of halogens is 2. The van der Waals surface area contributed by atoms with Gasteiger partial charge in [0.05, 0.1) is 11.9 Å². The van der Waals surface area contributed by atoms with E-state index in [1.165, 1.54) is 35.9 Å². The molecule has 7 heteroatoms. The first-order valence-electron chi connectivity index (χ1n) is 11.8. The zero-order chi connectivity index (χ0) is 25.7. The number of nitrogens with zero attached hydrogens (tertiary/aromatic N) is 1. The summed E-state index contributed by atoms with van der Waals surface area (Å²) in [5.41, 5.74) is 2.18. The van der Waals surface area contributed by atoms with Crippen LogP contribution in [-0.4, -0.2) is 22.9 Å². The number of benzene rings is 3. The Kier molecular flexibility index (Phi) is 7.68. The number of rotatable bonds is 8. The molecule has 0 aliphatic heterocycles. The van der Waals surface area contributed by atoms with Crippen LogP contribution in [0.25, 0.3) is 10.9 Å². The van der Waals surface area contributed by atoms with Gasteiger partial charge in [-0.2, -0.15) is 0 Å². The van der Waals surface area contributed by atoms with E-state index in [1.54, 1.807) is 24.3 Å². The van der Waals surface area contributed by atoms with Crippen molar-refractivity contribution in [3.63, 3.8) is 0 Å². The summed E-state index contributed by atoms with van der Waals surface area (Å²) < 4.78 is 26.7. The highest BCUT2D eigenvalue weighted by Gasteiger charge is 2.20. The van der Waals surface area contributed by atoms with Crippen LogP contribution in [0.4, 0.5) is 8.78 Å². The number of amides is 1. The number of aryl methyl sites for hydroxylation is 1. The number of pyridine rings is 1. The van der Waals surface area contributed by atoms with Crippen LogP contribution < -0.4 is 10.9 Å². The Balaban J connectivity index is 1.56. The summed E-state index contributed by atoms with van der Waals surface area (Å²) in [6.07, 6.45) is -1.23. The van der Waals surface area contributed by atoms with Gasteiger partial charge in [0.1, 0.15) is 5.56 Å². The number of nitrogens with one attached hydrogen (secondary N) is 1. The van der Waals surface area contributed by atoms with Gasteiger partial charge in [-0.15, -0.1) is 0 Å². The molecular formula is C29H26F2N2O3. The molecule has 0 fully saturated rings. The Bertz CT molecular complexity index is 1440. The average molecular weight is 489 g/mol. The van der Waals surface area contributed by atoms with E-state index in [1.807, 2.05) is 24.3 Å². The van der Waals surface area contributed by atoms with E-state index in [0.717, 1.165) is 16.6 Å². The Labute approximate surface area is 207 Å². The lowest BCUT2D eigenvalue weighted by Crippen LogP contribution is -2.36. The zero-order valence-electron chi connectivity index (χ0n) is 19.8. The second kappa shape index (κ2) is 11.1. The van der Waals surface area contributed by atoms with E-state index in [9.17, 15) is 23.2 Å². The van der Waals surface area contributed by atoms with Crippen LogP contribution in [0.5, 0.6) is 0 Å². The van der Waals surface area contributed by atoms with Crippen LogP contribution in [0.1, 0.15) is 50.8 Å². The first-order valence-corrected chi connectivity index (χ1v) is 11.8. The van der Waals surface area contributed by atoms with E-state index in [2.05, 4.69) is 12.2 Å². The second-order valence-electron chi connectivity index (χ2n) is 8.55. The van der Waals surface area contributed by atoms with E-state index in [0.29, 0.717) is 29.4 Å². The molecular weight excluding hydrogens is 462 g/mol. The maximum absolute atomic E-state index is 13.3. The predicted octanol–water partition coefficient (Wildman–Crippen LogP) is 5.36. The maximum Gasteiger partial charge on any atom is 0.270 e. The summed E-state index contributed by atoms with van der Waals surface area (Å²) in [5, 5.41) is 3.35. The molecule has 1 heterocycles. The van der Waals surface area contributed by atoms with Crippen LogP contribution in [0.2, 0.25) is 0 Å². The third-order valence-electron chi connectivity index (χ3n) is 6.12. The van der Waals surface area contributed by atoms with Gasteiger partial charge < -0.3 is 5.32 Å². The molecule has 1 N–H and O–H groups in total. The summed E-state index contributed by atoms with van der Waals surface area (Å²) in [4.78, 5) is 39.4. The number of carbonyl (C=O) groups excluding carboxylic acids is 2. The first-order chi connectivity index (χ1) is 17.4. The van der Waals surface area contributed by atoms with Crippen molar-refractivity contribution in [2.45, 2.75) is 32.6 Å². The van der Waals surface area contributed by atoms with Crippen LogP contribution in [0.3, 0.4) is 0 Å². The molecule has 0 spiro atoms. The van der Waals surface area contributed by atoms with Crippen molar-refractivity contribution in [3.05, 3.63) is 117 Å². The van der Waals surface area contributed by atoms with Crippen molar-refractivity contribution in [2.75, 3.05) is 6.54 Å². The fourth-order valence-corrected chi connectivity index (χ4v) is 4.06. The molecule has 5 nitrogen and oxygen atoms in total. The second-order valence-corrected chi connectivity index (χ2v) is 8.55. The topological polar surface area (TPSA) is 68.2 Å². The van der Waals surface area contributed by atoms with Crippen molar-refractivity contribution in [3.8, 4) is 0 Å². The van der Waals surface area contributed by atoms with Crippen LogP contribution in [0, 0.1) is 0 Å². The summed E-state index contributed by atoms with van der Waals surface area (Å²) in [6, 6.07) is 21.8. The Morgan fingerprint density at radius 2 is 1.53 bits per heavy atom. The fourth-order valence-electron chi connectivity index (χ4n) is 4.06. The molecule has 3 aromatic carbocycles. The molecule has 0 unspecified atom stereocenters. The van der Waals surface area contributed by atoms with Gasteiger partial charge in [-0.05, 0) is 47.1 Å². The van der Waals surface area contributed by atoms with E-state index in [-0.39, 0.29) is 17.5 Å². The van der Waals surface area contributed by atoms with Gasteiger partial charge in [-0.3, -0.25) is 14.4 Å². The summed E-state index contributed by atoms with van der Waals surface area (Å²) >= 11 is 0. The number of aromatic nitrogens is 1. The van der Waals surface area contributed by atoms with Gasteiger partial charge >= 0.3 is 0 Å². The van der Waals surface area contributed by atoms with E-state index in [4.69, 9.17) is 0 Å². The molecule has 4 aromatic rings. The highest BCUT2D eigenvalue weighted by Crippen LogP contribution is 2.20. The number of carbonyl (C=O) groups is 2. The summed E-state index contributed by atoms with van der Waals surface area (Å²) in [6.45, 7) is 2.42. The smallest absolute Gasteiger partial charge is 0.270 e. The van der Waals surface area contributed by atoms with Gasteiger partial charge in [0.2, 0.25) is 5.91 Å². The van der Waals surface area contributed by atoms with Crippen LogP contribution in [0.15, 0.2) is 83.7 Å². The van der Waals surface area contributed by atoms with E-state index < -0.39 is 23.8 Å². The highest BCUT2D eigenvalue weighted by molar-refractivity contribution is 6.00. The molecule has 1 aromatic heterocycles. The third-order valence-corrected chi connectivity index (χ3v) is 6.12. The Morgan fingerprint density at radius 1 is 0.889 bits per heavy atom. The molecule has 184 valence electrons.